The Morgan fingerprint density at radius 2 is 1.78 bits per heavy atom. The summed E-state index contributed by atoms with van der Waals surface area (Å²) in [5.41, 5.74) is 1.53. The second kappa shape index (κ2) is 7.14. The number of phenolic OH excluding ortho intramolecular Hbond substituents is 2. The van der Waals surface area contributed by atoms with Gasteiger partial charge in [0.15, 0.2) is 0 Å². The van der Waals surface area contributed by atoms with Gasteiger partial charge < -0.3 is 15.3 Å². The van der Waals surface area contributed by atoms with Gasteiger partial charge in [0.1, 0.15) is 11.5 Å². The Labute approximate surface area is 106 Å². The van der Waals surface area contributed by atoms with E-state index in [1.165, 1.54) is 18.2 Å². The molecule has 0 atom stereocenters. The number of phenols is 2. The van der Waals surface area contributed by atoms with Crippen molar-refractivity contribution in [1.82, 2.24) is 0 Å². The van der Waals surface area contributed by atoms with Crippen LogP contribution in [-0.4, -0.2) is 21.9 Å². The molecule has 0 heterocycles. The molecule has 0 aliphatic heterocycles. The highest BCUT2D eigenvalue weighted by atomic mass is 16.3. The van der Waals surface area contributed by atoms with Gasteiger partial charge in [0.25, 0.3) is 0 Å². The van der Waals surface area contributed by atoms with Gasteiger partial charge >= 0.3 is 0 Å². The van der Waals surface area contributed by atoms with Crippen molar-refractivity contribution in [1.29, 1.82) is 0 Å². The van der Waals surface area contributed by atoms with Crippen LogP contribution in [0.15, 0.2) is 60.7 Å². The summed E-state index contributed by atoms with van der Waals surface area (Å²) in [6.07, 6.45) is 10.3. The van der Waals surface area contributed by atoms with E-state index in [9.17, 15) is 10.2 Å². The molecule has 0 fully saturated rings. The van der Waals surface area contributed by atoms with Crippen molar-refractivity contribution >= 4 is 6.08 Å². The molecule has 0 aliphatic rings. The molecule has 0 saturated carbocycles. The van der Waals surface area contributed by atoms with Crippen molar-refractivity contribution in [3.8, 4) is 11.5 Å². The van der Waals surface area contributed by atoms with Crippen LogP contribution in [0.25, 0.3) is 6.08 Å². The minimum absolute atomic E-state index is 0.00907. The molecule has 0 spiro atoms. The molecule has 0 radical (unpaired) electrons. The van der Waals surface area contributed by atoms with E-state index in [1.54, 1.807) is 36.5 Å². The van der Waals surface area contributed by atoms with Gasteiger partial charge in [-0.1, -0.05) is 43.0 Å². The van der Waals surface area contributed by atoms with E-state index in [-0.39, 0.29) is 18.1 Å². The van der Waals surface area contributed by atoms with Crippen LogP contribution in [0, 0.1) is 0 Å². The molecule has 0 aromatic heterocycles. The first-order chi connectivity index (χ1) is 8.65. The fraction of sp³-hybridized carbons (Fsp3) is 0.0667. The Morgan fingerprint density at radius 1 is 1.11 bits per heavy atom. The molecule has 1 aromatic rings. The van der Waals surface area contributed by atoms with Crippen LogP contribution in [0.5, 0.6) is 11.5 Å². The quantitative estimate of drug-likeness (QED) is 0.698. The molecule has 18 heavy (non-hydrogen) atoms. The molecular weight excluding hydrogens is 228 g/mol. The molecule has 0 amide bonds. The molecule has 1 aromatic carbocycles. The highest BCUT2D eigenvalue weighted by Gasteiger charge is 1.95. The topological polar surface area (TPSA) is 60.7 Å². The Kier molecular flexibility index (Phi) is 5.48. The van der Waals surface area contributed by atoms with Crippen LogP contribution in [0.4, 0.5) is 0 Å². The van der Waals surface area contributed by atoms with Gasteiger partial charge in [-0.05, 0) is 23.3 Å². The normalized spacial score (nSPS) is 12.4. The zero-order valence-corrected chi connectivity index (χ0v) is 9.95. The fourth-order valence-corrected chi connectivity index (χ4v) is 1.40. The molecule has 0 saturated heterocycles. The van der Waals surface area contributed by atoms with E-state index in [2.05, 4.69) is 6.58 Å². The zero-order valence-electron chi connectivity index (χ0n) is 9.95. The van der Waals surface area contributed by atoms with Gasteiger partial charge in [-0.2, -0.15) is 0 Å². The lowest BCUT2D eigenvalue weighted by Gasteiger charge is -1.98. The molecule has 1 rings (SSSR count). The summed E-state index contributed by atoms with van der Waals surface area (Å²) in [5, 5.41) is 27.4. The zero-order chi connectivity index (χ0) is 13.4. The largest absolute Gasteiger partial charge is 0.508 e. The fourth-order valence-electron chi connectivity index (χ4n) is 1.40. The van der Waals surface area contributed by atoms with Crippen LogP contribution in [0.2, 0.25) is 0 Å². The maximum atomic E-state index is 9.33. The molecule has 3 nitrogen and oxygen atoms in total. The van der Waals surface area contributed by atoms with Crippen molar-refractivity contribution < 1.29 is 15.3 Å². The van der Waals surface area contributed by atoms with Gasteiger partial charge in [-0.3, -0.25) is 0 Å². The number of aliphatic hydroxyl groups excluding tert-OH is 1. The smallest absolute Gasteiger partial charge is 0.119 e. The van der Waals surface area contributed by atoms with E-state index in [4.69, 9.17) is 5.11 Å². The Morgan fingerprint density at radius 3 is 2.33 bits per heavy atom. The van der Waals surface area contributed by atoms with Crippen molar-refractivity contribution in [3.05, 3.63) is 66.3 Å². The first kappa shape index (κ1) is 13.8. The summed E-state index contributed by atoms with van der Waals surface area (Å²) in [5.74, 6) is 0.0181. The van der Waals surface area contributed by atoms with Gasteiger partial charge in [-0.25, -0.2) is 0 Å². The molecular formula is C15H16O3. The molecule has 94 valence electrons. The minimum Gasteiger partial charge on any atom is -0.508 e. The Balaban J connectivity index is 2.92. The number of aromatic hydroxyl groups is 2. The number of aliphatic hydroxyl groups is 1. The van der Waals surface area contributed by atoms with Crippen molar-refractivity contribution in [2.75, 3.05) is 6.61 Å². The monoisotopic (exact) mass is 244 g/mol. The molecule has 3 N–H and O–H groups in total. The first-order valence-electron chi connectivity index (χ1n) is 5.47. The van der Waals surface area contributed by atoms with E-state index in [0.717, 1.165) is 5.57 Å². The maximum absolute atomic E-state index is 9.33. The first-order valence-corrected chi connectivity index (χ1v) is 5.47. The third-order valence-corrected chi connectivity index (χ3v) is 2.12. The maximum Gasteiger partial charge on any atom is 0.119 e. The van der Waals surface area contributed by atoms with Crippen LogP contribution in [-0.2, 0) is 0 Å². The highest BCUT2D eigenvalue weighted by Crippen LogP contribution is 2.21. The average molecular weight is 244 g/mol. The number of allylic oxidation sites excluding steroid dienone is 5. The molecule has 0 unspecified atom stereocenters. The summed E-state index contributed by atoms with van der Waals surface area (Å²) in [4.78, 5) is 0. The molecule has 0 aliphatic carbocycles. The van der Waals surface area contributed by atoms with Crippen molar-refractivity contribution in [2.24, 2.45) is 0 Å². The van der Waals surface area contributed by atoms with Crippen molar-refractivity contribution in [3.63, 3.8) is 0 Å². The number of benzene rings is 1. The summed E-state index contributed by atoms with van der Waals surface area (Å²) in [7, 11) is 0. The van der Waals surface area contributed by atoms with E-state index in [1.807, 2.05) is 0 Å². The SMILES string of the molecule is C=C/C=C(\C=C/CO)/C=C/c1cc(O)cc(O)c1. The van der Waals surface area contributed by atoms with E-state index in [0.29, 0.717) is 5.56 Å². The van der Waals surface area contributed by atoms with Crippen LogP contribution in [0.3, 0.4) is 0 Å². The summed E-state index contributed by atoms with van der Waals surface area (Å²) in [6, 6.07) is 4.35. The summed E-state index contributed by atoms with van der Waals surface area (Å²) >= 11 is 0. The second-order valence-corrected chi connectivity index (χ2v) is 3.60. The third kappa shape index (κ3) is 4.72. The van der Waals surface area contributed by atoms with E-state index < -0.39 is 0 Å². The van der Waals surface area contributed by atoms with Crippen LogP contribution < -0.4 is 0 Å². The van der Waals surface area contributed by atoms with E-state index >= 15 is 0 Å². The van der Waals surface area contributed by atoms with Gasteiger partial charge in [0.05, 0.1) is 6.61 Å². The van der Waals surface area contributed by atoms with Gasteiger partial charge in [-0.15, -0.1) is 0 Å². The number of rotatable bonds is 5. The number of hydrogen-bond donors (Lipinski definition) is 3. The minimum atomic E-state index is -0.0325. The third-order valence-electron chi connectivity index (χ3n) is 2.12. The number of hydrogen-bond acceptors (Lipinski definition) is 3. The summed E-state index contributed by atoms with van der Waals surface area (Å²) < 4.78 is 0. The lowest BCUT2D eigenvalue weighted by atomic mass is 10.1. The predicted octanol–water partition coefficient (Wildman–Crippen LogP) is 2.77. The Hall–Kier alpha value is -2.26. The van der Waals surface area contributed by atoms with Crippen LogP contribution in [0.1, 0.15) is 5.56 Å². The second-order valence-electron chi connectivity index (χ2n) is 3.60. The Bertz CT molecular complexity index is 476. The molecule has 3 heteroatoms. The van der Waals surface area contributed by atoms with Crippen molar-refractivity contribution in [2.45, 2.75) is 0 Å². The standard InChI is InChI=1S/C15H16O3/c1-2-4-12(5-3-8-16)6-7-13-9-14(17)11-15(18)10-13/h2-7,9-11,16-18H,1,8H2/b5-3-,7-6+,12-4+. The molecule has 0 bridgehead atoms. The highest BCUT2D eigenvalue weighted by molar-refractivity contribution is 5.58. The van der Waals surface area contributed by atoms with Gasteiger partial charge in [0.2, 0.25) is 0 Å². The lowest BCUT2D eigenvalue weighted by molar-refractivity contribution is 0.342. The van der Waals surface area contributed by atoms with Gasteiger partial charge in [0, 0.05) is 6.07 Å². The van der Waals surface area contributed by atoms with Crippen LogP contribution >= 0.6 is 0 Å². The summed E-state index contributed by atoms with van der Waals surface area (Å²) in [6.45, 7) is 3.57. The predicted molar refractivity (Wildman–Crippen MR) is 73.3 cm³/mol. The lowest BCUT2D eigenvalue weighted by Crippen LogP contribution is -1.77. The average Bonchev–Trinajstić information content (AvgIpc) is 2.31.